The van der Waals surface area contributed by atoms with E-state index in [-0.39, 0.29) is 49.9 Å². The van der Waals surface area contributed by atoms with Crippen LogP contribution in [0.2, 0.25) is 0 Å². The summed E-state index contributed by atoms with van der Waals surface area (Å²) in [4.78, 5) is 57.5. The van der Waals surface area contributed by atoms with E-state index >= 15 is 0 Å². The molecule has 4 heterocycles. The Bertz CT molecular complexity index is 1530. The third-order valence-electron chi connectivity index (χ3n) is 7.90. The van der Waals surface area contributed by atoms with Gasteiger partial charge in [0.1, 0.15) is 30.3 Å². The summed E-state index contributed by atoms with van der Waals surface area (Å²) in [6.45, 7) is 7.19. The smallest absolute Gasteiger partial charge is 0.412 e. The number of esters is 1. The molecule has 2 aromatic heterocycles. The molecule has 3 N–H and O–H groups in total. The van der Waals surface area contributed by atoms with Gasteiger partial charge in [0.05, 0.1) is 19.1 Å². The summed E-state index contributed by atoms with van der Waals surface area (Å²) in [5, 5.41) is 19.2. The third-order valence-corrected chi connectivity index (χ3v) is 7.90. The lowest BCUT2D eigenvalue weighted by molar-refractivity contribution is -0.159. The molecule has 0 spiro atoms. The molecule has 14 nitrogen and oxygen atoms in total. The topological polar surface area (TPSA) is 186 Å². The van der Waals surface area contributed by atoms with Crippen molar-refractivity contribution in [2.45, 2.75) is 77.8 Å². The zero-order valence-corrected chi connectivity index (χ0v) is 27.4. The summed E-state index contributed by atoms with van der Waals surface area (Å²) in [6.07, 6.45) is 5.08. The number of amides is 3. The van der Waals surface area contributed by atoms with E-state index in [0.29, 0.717) is 24.2 Å². The molecule has 0 aliphatic carbocycles. The maximum atomic E-state index is 14.8. The van der Waals surface area contributed by atoms with E-state index in [2.05, 4.69) is 20.8 Å². The van der Waals surface area contributed by atoms with Gasteiger partial charge in [-0.2, -0.15) is 0 Å². The van der Waals surface area contributed by atoms with Crippen molar-refractivity contribution in [1.82, 2.24) is 20.4 Å². The van der Waals surface area contributed by atoms with Crippen molar-refractivity contribution >= 4 is 29.7 Å². The van der Waals surface area contributed by atoms with Crippen LogP contribution in [0, 0.1) is 18.8 Å². The van der Waals surface area contributed by atoms with Gasteiger partial charge in [-0.1, -0.05) is 48.9 Å². The number of aryl methyl sites for hydroxylation is 1. The van der Waals surface area contributed by atoms with Gasteiger partial charge in [-0.25, -0.2) is 19.0 Å². The number of hydrogen-bond donors (Lipinski definition) is 3. The highest BCUT2D eigenvalue weighted by molar-refractivity contribution is 5.95. The highest BCUT2D eigenvalue weighted by Gasteiger charge is 2.39. The van der Waals surface area contributed by atoms with Crippen LogP contribution in [0.15, 0.2) is 57.2 Å². The number of allylic oxidation sites excluding steroid dienone is 2. The molecular weight excluding hydrogens is 629 g/mol. The van der Waals surface area contributed by atoms with Crippen molar-refractivity contribution in [2.24, 2.45) is 11.8 Å². The first kappa shape index (κ1) is 36.1. The van der Waals surface area contributed by atoms with Crippen molar-refractivity contribution in [3.05, 3.63) is 65.6 Å². The highest BCUT2D eigenvalue weighted by Crippen LogP contribution is 2.26. The maximum Gasteiger partial charge on any atom is 0.412 e. The summed E-state index contributed by atoms with van der Waals surface area (Å²) in [5.74, 6) is -2.03. The van der Waals surface area contributed by atoms with Crippen LogP contribution < -0.4 is 10.6 Å². The number of oxazole rings is 1. The second-order valence-corrected chi connectivity index (χ2v) is 12.1. The Morgan fingerprint density at radius 2 is 2.06 bits per heavy atom. The fraction of sp³-hybridized carbons (Fsp3) is 0.515. The van der Waals surface area contributed by atoms with Gasteiger partial charge in [-0.15, -0.1) is 0 Å². The zero-order valence-electron chi connectivity index (χ0n) is 27.4. The zero-order chi connectivity index (χ0) is 34.8. The number of ether oxygens (including phenoxy) is 2. The van der Waals surface area contributed by atoms with E-state index in [1.807, 2.05) is 0 Å². The second-order valence-electron chi connectivity index (χ2n) is 12.1. The van der Waals surface area contributed by atoms with Crippen molar-refractivity contribution < 1.29 is 47.1 Å². The highest BCUT2D eigenvalue weighted by atomic mass is 19.1. The van der Waals surface area contributed by atoms with Gasteiger partial charge in [0.25, 0.3) is 5.91 Å². The Balaban J connectivity index is 1.54. The number of aliphatic hydroxyl groups is 1. The van der Waals surface area contributed by atoms with Crippen LogP contribution in [0.5, 0.6) is 0 Å². The summed E-state index contributed by atoms with van der Waals surface area (Å²) >= 11 is 0. The molecule has 0 aromatic carbocycles. The minimum absolute atomic E-state index is 0.0108. The van der Waals surface area contributed by atoms with Gasteiger partial charge in [0.15, 0.2) is 17.4 Å². The van der Waals surface area contributed by atoms with Crippen LogP contribution in [-0.2, 0) is 25.5 Å². The number of nitrogens with one attached hydrogen (secondary N) is 2. The largest absolute Gasteiger partial charge is 0.460 e. The molecule has 2 aliphatic heterocycles. The number of aliphatic hydroxyl groups excluding tert-OH is 1. The molecule has 4 rings (SSSR count). The van der Waals surface area contributed by atoms with E-state index in [4.69, 9.17) is 18.4 Å². The first-order chi connectivity index (χ1) is 22.9. The molecule has 2 aliphatic rings. The number of fused-ring (bicyclic) bond motifs is 3. The number of carbonyl (C=O) groups excluding carboxylic acids is 4. The lowest BCUT2D eigenvalue weighted by Crippen LogP contribution is -2.44. The summed E-state index contributed by atoms with van der Waals surface area (Å²) in [6, 6.07) is 0.590. The molecule has 260 valence electrons. The van der Waals surface area contributed by atoms with Crippen molar-refractivity contribution in [2.75, 3.05) is 25.0 Å². The Morgan fingerprint density at radius 1 is 1.27 bits per heavy atom. The number of halogens is 1. The van der Waals surface area contributed by atoms with Crippen LogP contribution in [-0.4, -0.2) is 88.1 Å². The normalized spacial score (nSPS) is 27.9. The van der Waals surface area contributed by atoms with Gasteiger partial charge in [0, 0.05) is 37.4 Å². The number of cyclic esters (lactones) is 1. The summed E-state index contributed by atoms with van der Waals surface area (Å²) < 4.78 is 36.4. The molecule has 0 unspecified atom stereocenters. The van der Waals surface area contributed by atoms with E-state index in [0.717, 1.165) is 6.26 Å². The van der Waals surface area contributed by atoms with E-state index in [1.165, 1.54) is 23.1 Å². The second kappa shape index (κ2) is 16.9. The van der Waals surface area contributed by atoms with Gasteiger partial charge >= 0.3 is 12.1 Å². The Labute approximate surface area is 277 Å². The molecule has 1 saturated heterocycles. The van der Waals surface area contributed by atoms with Crippen LogP contribution in [0.25, 0.3) is 0 Å². The van der Waals surface area contributed by atoms with Gasteiger partial charge in [0.2, 0.25) is 5.91 Å². The lowest BCUT2D eigenvalue weighted by atomic mass is 9.93. The molecule has 48 heavy (non-hydrogen) atoms. The minimum Gasteiger partial charge on any atom is -0.460 e. The molecule has 3 amide bonds. The predicted octanol–water partition coefficient (Wildman–Crippen LogP) is 3.83. The van der Waals surface area contributed by atoms with Gasteiger partial charge < -0.3 is 33.7 Å². The number of aromatic nitrogens is 2. The van der Waals surface area contributed by atoms with Crippen molar-refractivity contribution in [3.8, 4) is 0 Å². The van der Waals surface area contributed by atoms with E-state index in [9.17, 15) is 28.7 Å². The lowest BCUT2D eigenvalue weighted by Gasteiger charge is -2.30. The fourth-order valence-corrected chi connectivity index (χ4v) is 5.50. The molecule has 2 bridgehead atoms. The number of nitrogens with zero attached hydrogens (tertiary/aromatic N) is 3. The van der Waals surface area contributed by atoms with Gasteiger partial charge in [-0.3, -0.25) is 14.9 Å². The Kier molecular flexibility index (Phi) is 12.7. The standard InChI is InChI=1S/C33H42FN5O9/c1-19-7-5-11-35-28(41)10-9-20(2)30(21(3)17-46-33(44)37-27-14-22(4)48-38-27)47-32(43)26-8-6-12-39(26)31(42)25-18-45-29(36-25)16-23(34)15-24(40)13-19/h5,7,9-10,13-14,18,20-21,23-24,26,30,40H,6,8,11-12,15-17H2,1-4H3,(H,35,41)(H,37,38,44)/b7-5+,10-9+,19-13+/t20-,21+,23-,24-,26-,30+/m1/s1. The molecule has 2 aromatic rings. The molecule has 1 fully saturated rings. The molecule has 6 atom stereocenters. The van der Waals surface area contributed by atoms with Crippen molar-refractivity contribution in [3.63, 3.8) is 0 Å². The van der Waals surface area contributed by atoms with Crippen LogP contribution in [0.4, 0.5) is 15.0 Å². The average Bonchev–Trinajstić information content (AvgIpc) is 3.80. The molecule has 15 heteroatoms. The number of carbonyl (C=O) groups is 4. The Morgan fingerprint density at radius 3 is 2.81 bits per heavy atom. The van der Waals surface area contributed by atoms with Crippen LogP contribution in [0.1, 0.15) is 62.2 Å². The van der Waals surface area contributed by atoms with Crippen LogP contribution >= 0.6 is 0 Å². The summed E-state index contributed by atoms with van der Waals surface area (Å²) in [7, 11) is 0. The van der Waals surface area contributed by atoms with Crippen molar-refractivity contribution in [1.29, 1.82) is 0 Å². The average molecular weight is 672 g/mol. The SMILES string of the molecule is CC1=C\[C@@H](O)C[C@@H](F)Cc2nc(co2)C(=O)N2CCC[C@@H]2C(=O)O[C@H]([C@@H](C)COC(=O)Nc2cc(C)on2)[C@H](C)/C=C/C(=O)NC\C=C\1. The molecule has 0 saturated carbocycles. The third kappa shape index (κ3) is 10.4. The first-order valence-electron chi connectivity index (χ1n) is 15.9. The monoisotopic (exact) mass is 671 g/mol. The Hall–Kier alpha value is -4.79. The quantitative estimate of drug-likeness (QED) is 0.401. The molecule has 0 radical (unpaired) electrons. The first-order valence-corrected chi connectivity index (χ1v) is 15.9. The van der Waals surface area contributed by atoms with E-state index < -0.39 is 60.1 Å². The number of rotatable bonds is 4. The molecular formula is C33H42FN5O9. The van der Waals surface area contributed by atoms with Crippen LogP contribution in [0.3, 0.4) is 0 Å². The summed E-state index contributed by atoms with van der Waals surface area (Å²) in [5.41, 5.74) is 0.590. The fourth-order valence-electron chi connectivity index (χ4n) is 5.50. The van der Waals surface area contributed by atoms with Gasteiger partial charge in [-0.05, 0) is 32.8 Å². The number of anilines is 1. The maximum absolute atomic E-state index is 14.8. The predicted molar refractivity (Wildman–Crippen MR) is 169 cm³/mol. The van der Waals surface area contributed by atoms with E-state index in [1.54, 1.807) is 45.9 Å². The number of alkyl halides is 1. The minimum atomic E-state index is -1.50. The number of hydrogen-bond acceptors (Lipinski definition) is 11.